The van der Waals surface area contributed by atoms with Crippen LogP contribution in [-0.4, -0.2) is 35.8 Å². The van der Waals surface area contributed by atoms with Crippen LogP contribution in [0.25, 0.3) is 0 Å². The summed E-state index contributed by atoms with van der Waals surface area (Å²) in [5.41, 5.74) is 1.52. The van der Waals surface area contributed by atoms with Crippen LogP contribution in [0.15, 0.2) is 48.5 Å². The van der Waals surface area contributed by atoms with Gasteiger partial charge in [-0.3, -0.25) is 19.3 Å². The summed E-state index contributed by atoms with van der Waals surface area (Å²) in [6, 6.07) is 13.2. The van der Waals surface area contributed by atoms with Crippen molar-refractivity contribution in [2.24, 2.45) is 5.92 Å². The van der Waals surface area contributed by atoms with Crippen molar-refractivity contribution in [2.45, 2.75) is 32.9 Å². The number of methoxy groups -OCH3 is 1. The van der Waals surface area contributed by atoms with E-state index in [9.17, 15) is 14.4 Å². The Bertz CT molecular complexity index is 872. The first-order chi connectivity index (χ1) is 13.4. The van der Waals surface area contributed by atoms with Gasteiger partial charge in [-0.1, -0.05) is 44.2 Å². The van der Waals surface area contributed by atoms with Crippen LogP contribution in [0.5, 0.6) is 5.75 Å². The minimum atomic E-state index is -0.859. The first kappa shape index (κ1) is 19.6. The minimum Gasteiger partial charge on any atom is -0.496 e. The molecule has 28 heavy (non-hydrogen) atoms. The largest absolute Gasteiger partial charge is 0.496 e. The highest BCUT2D eigenvalue weighted by Gasteiger charge is 2.42. The molecule has 0 radical (unpaired) electrons. The Morgan fingerprint density at radius 1 is 1.00 bits per heavy atom. The molecule has 0 spiro atoms. The van der Waals surface area contributed by atoms with E-state index in [4.69, 9.17) is 4.74 Å². The van der Waals surface area contributed by atoms with Gasteiger partial charge in [0.15, 0.2) is 0 Å². The van der Waals surface area contributed by atoms with Gasteiger partial charge in [0.25, 0.3) is 11.8 Å². The number of hydrogen-bond donors (Lipinski definition) is 1. The zero-order chi connectivity index (χ0) is 20.3. The van der Waals surface area contributed by atoms with Crippen molar-refractivity contribution in [3.05, 3.63) is 65.2 Å². The number of fused-ring (bicyclic) bond motifs is 1. The highest BCUT2D eigenvalue weighted by molar-refractivity contribution is 6.22. The van der Waals surface area contributed by atoms with Gasteiger partial charge in [0.2, 0.25) is 5.91 Å². The van der Waals surface area contributed by atoms with Gasteiger partial charge in [0, 0.05) is 12.1 Å². The molecule has 0 saturated carbocycles. The standard InChI is InChI=1S/C22H24N2O4/c1-14(2)12-18(20(25)23-13-15-8-4-7-11-19(15)28-3)24-21(26)16-9-5-6-10-17(16)22(24)27/h4-11,14,18H,12-13H2,1-3H3,(H,23,25). The Morgan fingerprint density at radius 2 is 1.57 bits per heavy atom. The van der Waals surface area contributed by atoms with E-state index in [-0.39, 0.29) is 18.4 Å². The molecule has 6 heteroatoms. The maximum Gasteiger partial charge on any atom is 0.262 e. The average Bonchev–Trinajstić information content (AvgIpc) is 2.95. The molecule has 1 aliphatic heterocycles. The molecule has 2 aromatic rings. The molecule has 3 rings (SSSR count). The first-order valence-corrected chi connectivity index (χ1v) is 9.30. The summed E-state index contributed by atoms with van der Waals surface area (Å²) in [5.74, 6) is -0.387. The van der Waals surface area contributed by atoms with Crippen LogP contribution in [0.2, 0.25) is 0 Å². The quantitative estimate of drug-likeness (QED) is 0.749. The lowest BCUT2D eigenvalue weighted by Gasteiger charge is -2.27. The third kappa shape index (κ3) is 3.76. The molecule has 3 amide bonds. The summed E-state index contributed by atoms with van der Waals surface area (Å²) in [6.07, 6.45) is 0.392. The van der Waals surface area contributed by atoms with Gasteiger partial charge >= 0.3 is 0 Å². The summed E-state index contributed by atoms with van der Waals surface area (Å²) in [4.78, 5) is 39.7. The zero-order valence-electron chi connectivity index (χ0n) is 16.3. The number of carbonyl (C=O) groups is 3. The number of ether oxygens (including phenoxy) is 1. The van der Waals surface area contributed by atoms with E-state index in [1.54, 1.807) is 31.4 Å². The maximum absolute atomic E-state index is 13.0. The number of rotatable bonds is 7. The molecule has 0 bridgehead atoms. The molecular weight excluding hydrogens is 356 g/mol. The monoisotopic (exact) mass is 380 g/mol. The molecular formula is C22H24N2O4. The third-order valence-corrected chi connectivity index (χ3v) is 4.78. The second-order valence-electron chi connectivity index (χ2n) is 7.20. The molecule has 6 nitrogen and oxygen atoms in total. The molecule has 0 saturated heterocycles. The fourth-order valence-electron chi connectivity index (χ4n) is 3.42. The molecule has 2 aromatic carbocycles. The van der Waals surface area contributed by atoms with Crippen molar-refractivity contribution in [1.29, 1.82) is 0 Å². The van der Waals surface area contributed by atoms with Crippen LogP contribution in [0.4, 0.5) is 0 Å². The number of para-hydroxylation sites is 1. The van der Waals surface area contributed by atoms with Crippen molar-refractivity contribution in [1.82, 2.24) is 10.2 Å². The number of benzene rings is 2. The SMILES string of the molecule is COc1ccccc1CNC(=O)C(CC(C)C)N1C(=O)c2ccccc2C1=O. The van der Waals surface area contributed by atoms with Crippen LogP contribution in [0.1, 0.15) is 46.5 Å². The highest BCUT2D eigenvalue weighted by Crippen LogP contribution is 2.27. The summed E-state index contributed by atoms with van der Waals surface area (Å²) in [5, 5.41) is 2.86. The Morgan fingerprint density at radius 3 is 2.14 bits per heavy atom. The lowest BCUT2D eigenvalue weighted by Crippen LogP contribution is -2.50. The molecule has 1 unspecified atom stereocenters. The Balaban J connectivity index is 1.82. The first-order valence-electron chi connectivity index (χ1n) is 9.30. The van der Waals surface area contributed by atoms with Crippen LogP contribution < -0.4 is 10.1 Å². The molecule has 146 valence electrons. The maximum atomic E-state index is 13.0. The van der Waals surface area contributed by atoms with Gasteiger partial charge < -0.3 is 10.1 Å². The second kappa shape index (κ2) is 8.25. The topological polar surface area (TPSA) is 75.7 Å². The van der Waals surface area contributed by atoms with Gasteiger partial charge in [-0.2, -0.15) is 0 Å². The lowest BCUT2D eigenvalue weighted by molar-refractivity contribution is -0.125. The van der Waals surface area contributed by atoms with E-state index in [1.165, 1.54) is 0 Å². The minimum absolute atomic E-state index is 0.131. The van der Waals surface area contributed by atoms with E-state index in [0.29, 0.717) is 23.3 Å². The van der Waals surface area contributed by atoms with Gasteiger partial charge in [0.1, 0.15) is 11.8 Å². The van der Waals surface area contributed by atoms with Crippen molar-refractivity contribution in [2.75, 3.05) is 7.11 Å². The Hall–Kier alpha value is -3.15. The Labute approximate surface area is 164 Å². The summed E-state index contributed by atoms with van der Waals surface area (Å²) < 4.78 is 5.31. The molecule has 0 aromatic heterocycles. The van der Waals surface area contributed by atoms with Crippen molar-refractivity contribution in [3.8, 4) is 5.75 Å². The van der Waals surface area contributed by atoms with E-state index in [2.05, 4.69) is 5.32 Å². The number of imide groups is 1. The fraction of sp³-hybridized carbons (Fsp3) is 0.318. The summed E-state index contributed by atoms with van der Waals surface area (Å²) in [7, 11) is 1.57. The number of carbonyl (C=O) groups excluding carboxylic acids is 3. The lowest BCUT2D eigenvalue weighted by atomic mass is 10.0. The summed E-state index contributed by atoms with van der Waals surface area (Å²) >= 11 is 0. The molecule has 1 heterocycles. The molecule has 1 N–H and O–H groups in total. The van der Waals surface area contributed by atoms with Gasteiger partial charge in [-0.15, -0.1) is 0 Å². The van der Waals surface area contributed by atoms with E-state index < -0.39 is 17.9 Å². The van der Waals surface area contributed by atoms with Gasteiger partial charge in [-0.05, 0) is 30.5 Å². The fourth-order valence-corrected chi connectivity index (χ4v) is 3.42. The predicted molar refractivity (Wildman–Crippen MR) is 105 cm³/mol. The average molecular weight is 380 g/mol. The van der Waals surface area contributed by atoms with Crippen LogP contribution in [-0.2, 0) is 11.3 Å². The van der Waals surface area contributed by atoms with Gasteiger partial charge in [-0.25, -0.2) is 0 Å². The van der Waals surface area contributed by atoms with Crippen molar-refractivity contribution >= 4 is 17.7 Å². The van der Waals surface area contributed by atoms with E-state index in [0.717, 1.165) is 10.5 Å². The Kier molecular flexibility index (Phi) is 5.78. The number of nitrogens with zero attached hydrogens (tertiary/aromatic N) is 1. The second-order valence-corrected chi connectivity index (χ2v) is 7.20. The number of nitrogens with one attached hydrogen (secondary N) is 1. The molecule has 0 aliphatic carbocycles. The molecule has 1 atom stereocenters. The van der Waals surface area contributed by atoms with Crippen LogP contribution >= 0.6 is 0 Å². The predicted octanol–water partition coefficient (Wildman–Crippen LogP) is 3.02. The van der Waals surface area contributed by atoms with Crippen LogP contribution in [0.3, 0.4) is 0 Å². The highest BCUT2D eigenvalue weighted by atomic mass is 16.5. The van der Waals surface area contributed by atoms with Crippen molar-refractivity contribution in [3.63, 3.8) is 0 Å². The van der Waals surface area contributed by atoms with E-state index >= 15 is 0 Å². The van der Waals surface area contributed by atoms with Gasteiger partial charge in [0.05, 0.1) is 18.2 Å². The van der Waals surface area contributed by atoms with Crippen molar-refractivity contribution < 1.29 is 19.1 Å². The van der Waals surface area contributed by atoms with E-state index in [1.807, 2.05) is 38.1 Å². The normalized spacial score (nSPS) is 14.2. The number of amides is 3. The third-order valence-electron chi connectivity index (χ3n) is 4.78. The summed E-state index contributed by atoms with van der Waals surface area (Å²) in [6.45, 7) is 4.16. The smallest absolute Gasteiger partial charge is 0.262 e. The zero-order valence-corrected chi connectivity index (χ0v) is 16.3. The molecule has 0 fully saturated rings. The number of hydrogen-bond acceptors (Lipinski definition) is 4. The van der Waals surface area contributed by atoms with Crippen LogP contribution in [0, 0.1) is 5.92 Å². The molecule has 1 aliphatic rings.